The van der Waals surface area contributed by atoms with E-state index in [1.54, 1.807) is 0 Å². The van der Waals surface area contributed by atoms with Crippen LogP contribution in [0.4, 0.5) is 0 Å². The molecule has 17 heavy (non-hydrogen) atoms. The van der Waals surface area contributed by atoms with Crippen LogP contribution in [0, 0.1) is 5.92 Å². The molecule has 0 saturated carbocycles. The number of nitrogens with zero attached hydrogens (tertiary/aromatic N) is 1. The van der Waals surface area contributed by atoms with Crippen molar-refractivity contribution in [2.75, 3.05) is 32.8 Å². The third-order valence-corrected chi connectivity index (χ3v) is 4.25. The molecule has 2 aliphatic rings. The molecule has 2 aliphatic heterocycles. The summed E-state index contributed by atoms with van der Waals surface area (Å²) in [5, 5.41) is 3.46. The third-order valence-electron chi connectivity index (χ3n) is 4.25. The molecule has 3 heteroatoms. The molecule has 2 fully saturated rings. The van der Waals surface area contributed by atoms with E-state index in [0.717, 1.165) is 25.2 Å². The number of rotatable bonds is 4. The highest BCUT2D eigenvalue weighted by molar-refractivity contribution is 4.81. The van der Waals surface area contributed by atoms with Crippen LogP contribution in [0.2, 0.25) is 0 Å². The second-order valence-electron chi connectivity index (χ2n) is 5.83. The molecule has 0 atom stereocenters. The topological polar surface area (TPSA) is 24.5 Å². The predicted octanol–water partition coefficient (Wildman–Crippen LogP) is 1.88. The summed E-state index contributed by atoms with van der Waals surface area (Å²) in [4.78, 5) is 2.73. The molecular weight excluding hydrogens is 212 g/mol. The molecule has 2 saturated heterocycles. The Kier molecular flexibility index (Phi) is 5.26. The van der Waals surface area contributed by atoms with Gasteiger partial charge in [-0.25, -0.2) is 0 Å². The third kappa shape index (κ3) is 3.94. The van der Waals surface area contributed by atoms with E-state index in [1.165, 1.54) is 45.3 Å². The molecule has 0 amide bonds. The van der Waals surface area contributed by atoms with Crippen molar-refractivity contribution >= 4 is 0 Å². The maximum atomic E-state index is 5.48. The molecule has 0 aromatic heterocycles. The second kappa shape index (κ2) is 6.72. The van der Waals surface area contributed by atoms with Crippen molar-refractivity contribution in [3.63, 3.8) is 0 Å². The molecule has 1 N–H and O–H groups in total. The largest absolute Gasteiger partial charge is 0.381 e. The number of hydrogen-bond acceptors (Lipinski definition) is 3. The fraction of sp³-hybridized carbons (Fsp3) is 1.00. The van der Waals surface area contributed by atoms with Crippen LogP contribution in [0.5, 0.6) is 0 Å². The monoisotopic (exact) mass is 240 g/mol. The Morgan fingerprint density at radius 3 is 2.35 bits per heavy atom. The number of ether oxygens (including phenoxy) is 1. The van der Waals surface area contributed by atoms with Crippen molar-refractivity contribution in [3.8, 4) is 0 Å². The lowest BCUT2D eigenvalue weighted by molar-refractivity contribution is 0.0137. The lowest BCUT2D eigenvalue weighted by atomic mass is 9.95. The van der Waals surface area contributed by atoms with E-state index in [0.29, 0.717) is 6.04 Å². The minimum Gasteiger partial charge on any atom is -0.381 e. The van der Waals surface area contributed by atoms with Crippen LogP contribution in [-0.4, -0.2) is 49.8 Å². The van der Waals surface area contributed by atoms with Crippen molar-refractivity contribution in [1.29, 1.82) is 0 Å². The highest BCUT2D eigenvalue weighted by Crippen LogP contribution is 2.22. The van der Waals surface area contributed by atoms with Crippen molar-refractivity contribution in [3.05, 3.63) is 0 Å². The van der Waals surface area contributed by atoms with Gasteiger partial charge in [-0.3, -0.25) is 4.90 Å². The summed E-state index contributed by atoms with van der Waals surface area (Å²) in [6.07, 6.45) is 5.16. The van der Waals surface area contributed by atoms with Crippen LogP contribution in [0.3, 0.4) is 0 Å². The molecule has 100 valence electrons. The van der Waals surface area contributed by atoms with Gasteiger partial charge in [0.1, 0.15) is 0 Å². The average Bonchev–Trinajstić information content (AvgIpc) is 2.38. The van der Waals surface area contributed by atoms with E-state index in [1.807, 2.05) is 0 Å². The average molecular weight is 240 g/mol. The minimum absolute atomic E-state index is 0.674. The van der Waals surface area contributed by atoms with E-state index < -0.39 is 0 Å². The molecule has 2 rings (SSSR count). The van der Waals surface area contributed by atoms with E-state index >= 15 is 0 Å². The Morgan fingerprint density at radius 2 is 1.76 bits per heavy atom. The number of piperidine rings is 1. The van der Waals surface area contributed by atoms with Gasteiger partial charge in [0.2, 0.25) is 0 Å². The van der Waals surface area contributed by atoms with E-state index in [2.05, 4.69) is 24.1 Å². The van der Waals surface area contributed by atoms with Gasteiger partial charge in [-0.2, -0.15) is 0 Å². The zero-order valence-electron chi connectivity index (χ0n) is 11.5. The Balaban J connectivity index is 1.86. The standard InChI is InChI=1S/C14H28N2O/c1-12(2)16(14-5-9-17-10-6-14)11-13-3-7-15-8-4-13/h12-15H,3-11H2,1-2H3. The summed E-state index contributed by atoms with van der Waals surface area (Å²) in [7, 11) is 0. The Bertz CT molecular complexity index is 208. The summed E-state index contributed by atoms with van der Waals surface area (Å²) in [5.41, 5.74) is 0. The fourth-order valence-electron chi connectivity index (χ4n) is 3.16. The van der Waals surface area contributed by atoms with Crippen LogP contribution in [-0.2, 0) is 4.74 Å². The van der Waals surface area contributed by atoms with Gasteiger partial charge >= 0.3 is 0 Å². The molecule has 0 unspecified atom stereocenters. The summed E-state index contributed by atoms with van der Waals surface area (Å²) >= 11 is 0. The quantitative estimate of drug-likeness (QED) is 0.812. The minimum atomic E-state index is 0.674. The molecule has 0 aromatic carbocycles. The molecule has 0 bridgehead atoms. The predicted molar refractivity (Wildman–Crippen MR) is 71.3 cm³/mol. The van der Waals surface area contributed by atoms with Gasteiger partial charge in [0.25, 0.3) is 0 Å². The maximum absolute atomic E-state index is 5.48. The summed E-state index contributed by atoms with van der Waals surface area (Å²) in [6, 6.07) is 1.44. The first-order valence-electron chi connectivity index (χ1n) is 7.31. The molecule has 0 radical (unpaired) electrons. The molecule has 0 aliphatic carbocycles. The SMILES string of the molecule is CC(C)N(CC1CCNCC1)C1CCOCC1. The number of nitrogens with one attached hydrogen (secondary N) is 1. The van der Waals surface area contributed by atoms with Crippen LogP contribution in [0.1, 0.15) is 39.5 Å². The highest BCUT2D eigenvalue weighted by atomic mass is 16.5. The summed E-state index contributed by atoms with van der Waals surface area (Å²) in [5.74, 6) is 0.904. The second-order valence-corrected chi connectivity index (χ2v) is 5.83. The number of hydrogen-bond donors (Lipinski definition) is 1. The summed E-state index contributed by atoms with van der Waals surface area (Å²) in [6.45, 7) is 10.3. The van der Waals surface area contributed by atoms with Crippen molar-refractivity contribution in [2.45, 2.75) is 51.6 Å². The van der Waals surface area contributed by atoms with Gasteiger partial charge in [-0.1, -0.05) is 0 Å². The van der Waals surface area contributed by atoms with Crippen LogP contribution in [0.25, 0.3) is 0 Å². The zero-order valence-corrected chi connectivity index (χ0v) is 11.5. The first-order valence-corrected chi connectivity index (χ1v) is 7.31. The van der Waals surface area contributed by atoms with Crippen molar-refractivity contribution < 1.29 is 4.74 Å². The van der Waals surface area contributed by atoms with Crippen molar-refractivity contribution in [2.24, 2.45) is 5.92 Å². The Morgan fingerprint density at radius 1 is 1.12 bits per heavy atom. The first-order chi connectivity index (χ1) is 8.27. The van der Waals surface area contributed by atoms with Crippen LogP contribution < -0.4 is 5.32 Å². The van der Waals surface area contributed by atoms with Crippen molar-refractivity contribution in [1.82, 2.24) is 10.2 Å². The van der Waals surface area contributed by atoms with E-state index in [4.69, 9.17) is 4.74 Å². The molecule has 2 heterocycles. The van der Waals surface area contributed by atoms with Gasteiger partial charge in [0.05, 0.1) is 0 Å². The smallest absolute Gasteiger partial charge is 0.0480 e. The Hall–Kier alpha value is -0.120. The highest BCUT2D eigenvalue weighted by Gasteiger charge is 2.26. The fourth-order valence-corrected chi connectivity index (χ4v) is 3.16. The molecule has 0 spiro atoms. The normalized spacial score (nSPS) is 24.7. The van der Waals surface area contributed by atoms with Gasteiger partial charge < -0.3 is 10.1 Å². The van der Waals surface area contributed by atoms with E-state index in [9.17, 15) is 0 Å². The molecule has 0 aromatic rings. The lowest BCUT2D eigenvalue weighted by Crippen LogP contribution is -2.47. The lowest BCUT2D eigenvalue weighted by Gasteiger charge is -2.40. The van der Waals surface area contributed by atoms with Gasteiger partial charge in [-0.05, 0) is 58.5 Å². The van der Waals surface area contributed by atoms with Gasteiger partial charge in [0.15, 0.2) is 0 Å². The van der Waals surface area contributed by atoms with E-state index in [-0.39, 0.29) is 0 Å². The van der Waals surface area contributed by atoms with Gasteiger partial charge in [0, 0.05) is 31.8 Å². The van der Waals surface area contributed by atoms with Gasteiger partial charge in [-0.15, -0.1) is 0 Å². The van der Waals surface area contributed by atoms with Crippen LogP contribution >= 0.6 is 0 Å². The zero-order chi connectivity index (χ0) is 12.1. The molecule has 3 nitrogen and oxygen atoms in total. The Labute approximate surface area is 106 Å². The first kappa shape index (κ1) is 13.3. The summed E-state index contributed by atoms with van der Waals surface area (Å²) < 4.78 is 5.48. The van der Waals surface area contributed by atoms with Crippen LogP contribution in [0.15, 0.2) is 0 Å². The maximum Gasteiger partial charge on any atom is 0.0480 e. The molecular formula is C14H28N2O.